The van der Waals surface area contributed by atoms with Crippen molar-refractivity contribution >= 4 is 10.2 Å². The highest BCUT2D eigenvalue weighted by molar-refractivity contribution is 7.87. The second-order valence-electron chi connectivity index (χ2n) is 4.18. The Kier molecular flexibility index (Phi) is 4.06. The molecule has 0 aliphatic rings. The van der Waals surface area contributed by atoms with Crippen LogP contribution in [-0.4, -0.2) is 31.4 Å². The maximum Gasteiger partial charge on any atom is 0.280 e. The van der Waals surface area contributed by atoms with Gasteiger partial charge in [-0.2, -0.15) is 22.7 Å². The van der Waals surface area contributed by atoms with Gasteiger partial charge in [-0.05, 0) is 27.7 Å². The van der Waals surface area contributed by atoms with E-state index in [2.05, 4.69) is 4.72 Å². The maximum atomic E-state index is 11.6. The van der Waals surface area contributed by atoms with Crippen LogP contribution in [0.5, 0.6) is 0 Å². The average molecular weight is 219 g/mol. The van der Waals surface area contributed by atoms with Gasteiger partial charge in [-0.3, -0.25) is 0 Å². The monoisotopic (exact) mass is 219 g/mol. The summed E-state index contributed by atoms with van der Waals surface area (Å²) in [6.07, 6.45) is 0. The Morgan fingerprint density at radius 1 is 1.43 bits per heavy atom. The lowest BCUT2D eigenvalue weighted by atomic mass is 10.1. The molecule has 0 aliphatic carbocycles. The van der Waals surface area contributed by atoms with Gasteiger partial charge in [0, 0.05) is 12.6 Å². The molecule has 1 unspecified atom stereocenters. The van der Waals surface area contributed by atoms with Gasteiger partial charge >= 0.3 is 0 Å². The van der Waals surface area contributed by atoms with E-state index in [1.165, 1.54) is 14.0 Å². The molecule has 0 aliphatic heterocycles. The van der Waals surface area contributed by atoms with Gasteiger partial charge in [-0.15, -0.1) is 0 Å². The van der Waals surface area contributed by atoms with Crippen molar-refractivity contribution in [1.29, 1.82) is 5.26 Å². The van der Waals surface area contributed by atoms with Crippen LogP contribution in [0.25, 0.3) is 0 Å². The highest BCUT2D eigenvalue weighted by Gasteiger charge is 2.27. The molecule has 0 amide bonds. The van der Waals surface area contributed by atoms with Crippen LogP contribution in [0.1, 0.15) is 27.7 Å². The zero-order valence-electron chi connectivity index (χ0n) is 9.20. The molecule has 0 fully saturated rings. The Bertz CT molecular complexity index is 323. The Balaban J connectivity index is 4.75. The predicted molar refractivity (Wildman–Crippen MR) is 54.6 cm³/mol. The fourth-order valence-electron chi connectivity index (χ4n) is 0.748. The summed E-state index contributed by atoms with van der Waals surface area (Å²) in [4.78, 5) is 0. The predicted octanol–water partition coefficient (Wildman–Crippen LogP) is 0.463. The molecule has 0 spiro atoms. The normalized spacial score (nSPS) is 15.2. The Labute approximate surface area is 85.9 Å². The number of nitrogens with zero attached hydrogens (tertiary/aromatic N) is 2. The molecule has 0 rings (SSSR count). The van der Waals surface area contributed by atoms with Crippen LogP contribution in [0.4, 0.5) is 0 Å². The van der Waals surface area contributed by atoms with E-state index in [1.54, 1.807) is 20.8 Å². The van der Waals surface area contributed by atoms with Gasteiger partial charge in [0.15, 0.2) is 0 Å². The summed E-state index contributed by atoms with van der Waals surface area (Å²) in [5.41, 5.74) is -0.539. The van der Waals surface area contributed by atoms with Gasteiger partial charge in [-0.25, -0.2) is 0 Å². The zero-order chi connectivity index (χ0) is 11.6. The summed E-state index contributed by atoms with van der Waals surface area (Å²) in [6, 6.07) is 1.19. The Morgan fingerprint density at radius 2 is 1.86 bits per heavy atom. The Hall–Kier alpha value is -0.640. The first-order valence-corrected chi connectivity index (χ1v) is 5.71. The fraction of sp³-hybridized carbons (Fsp3) is 0.875. The topological polar surface area (TPSA) is 73.2 Å². The van der Waals surface area contributed by atoms with Crippen molar-refractivity contribution in [3.8, 4) is 6.07 Å². The third kappa shape index (κ3) is 4.05. The van der Waals surface area contributed by atoms with Crippen LogP contribution in [0.3, 0.4) is 0 Å². The van der Waals surface area contributed by atoms with E-state index in [1.807, 2.05) is 6.07 Å². The van der Waals surface area contributed by atoms with Gasteiger partial charge in [0.25, 0.3) is 10.2 Å². The summed E-state index contributed by atoms with van der Waals surface area (Å²) in [5, 5.41) is 8.58. The van der Waals surface area contributed by atoms with Crippen molar-refractivity contribution in [3.63, 3.8) is 0 Å². The van der Waals surface area contributed by atoms with Gasteiger partial charge in [0.2, 0.25) is 0 Å². The molecule has 0 bridgehead atoms. The third-order valence-corrected chi connectivity index (χ3v) is 3.49. The van der Waals surface area contributed by atoms with E-state index in [9.17, 15) is 8.42 Å². The van der Waals surface area contributed by atoms with E-state index >= 15 is 0 Å². The largest absolute Gasteiger partial charge is 0.280 e. The van der Waals surface area contributed by atoms with Crippen LogP contribution in [-0.2, 0) is 10.2 Å². The van der Waals surface area contributed by atoms with Gasteiger partial charge in [0.05, 0.1) is 6.07 Å². The van der Waals surface area contributed by atoms with Gasteiger partial charge < -0.3 is 0 Å². The van der Waals surface area contributed by atoms with E-state index < -0.39 is 21.8 Å². The summed E-state index contributed by atoms with van der Waals surface area (Å²) >= 11 is 0. The van der Waals surface area contributed by atoms with Crippen molar-refractivity contribution < 1.29 is 8.42 Å². The minimum atomic E-state index is -3.57. The van der Waals surface area contributed by atoms with E-state index in [4.69, 9.17) is 5.26 Å². The molecule has 0 aromatic rings. The minimum Gasteiger partial charge on any atom is -0.197 e. The van der Waals surface area contributed by atoms with Crippen LogP contribution in [0.2, 0.25) is 0 Å². The summed E-state index contributed by atoms with van der Waals surface area (Å²) in [7, 11) is -2.19. The highest BCUT2D eigenvalue weighted by Crippen LogP contribution is 2.07. The molecule has 14 heavy (non-hydrogen) atoms. The lowest BCUT2D eigenvalue weighted by Crippen LogP contribution is -2.49. The quantitative estimate of drug-likeness (QED) is 0.749. The first-order valence-electron chi connectivity index (χ1n) is 4.27. The molecule has 82 valence electrons. The number of nitrogens with one attached hydrogen (secondary N) is 1. The molecule has 0 saturated carbocycles. The van der Waals surface area contributed by atoms with Crippen molar-refractivity contribution in [3.05, 3.63) is 0 Å². The van der Waals surface area contributed by atoms with Crippen LogP contribution < -0.4 is 4.72 Å². The highest BCUT2D eigenvalue weighted by atomic mass is 32.2. The van der Waals surface area contributed by atoms with Crippen molar-refractivity contribution in [1.82, 2.24) is 9.03 Å². The second-order valence-corrected chi connectivity index (χ2v) is 5.91. The standard InChI is InChI=1S/C8H17N3O2S/c1-7(6-9)11(5)14(12,13)10-8(2,3)4/h7,10H,1-5H3. The van der Waals surface area contributed by atoms with Crippen molar-refractivity contribution in [2.75, 3.05) is 7.05 Å². The molecule has 0 aromatic carbocycles. The third-order valence-electron chi connectivity index (χ3n) is 1.55. The number of hydrogen-bond donors (Lipinski definition) is 1. The van der Waals surface area contributed by atoms with Crippen LogP contribution >= 0.6 is 0 Å². The maximum absolute atomic E-state index is 11.6. The molecule has 5 nitrogen and oxygen atoms in total. The zero-order valence-corrected chi connectivity index (χ0v) is 10.0. The molecule has 0 radical (unpaired) electrons. The van der Waals surface area contributed by atoms with Crippen LogP contribution in [0, 0.1) is 11.3 Å². The van der Waals surface area contributed by atoms with Gasteiger partial charge in [-0.1, -0.05) is 0 Å². The second kappa shape index (κ2) is 4.26. The molecule has 0 heterocycles. The number of nitriles is 1. The molecular weight excluding hydrogens is 202 g/mol. The average Bonchev–Trinajstić information content (AvgIpc) is 1.97. The molecule has 0 saturated heterocycles. The van der Waals surface area contributed by atoms with E-state index in [0.29, 0.717) is 0 Å². The van der Waals surface area contributed by atoms with Crippen LogP contribution in [0.15, 0.2) is 0 Å². The molecule has 0 aromatic heterocycles. The molecular formula is C8H17N3O2S. The lowest BCUT2D eigenvalue weighted by Gasteiger charge is -2.26. The summed E-state index contributed by atoms with van der Waals surface area (Å²) in [6.45, 7) is 6.77. The summed E-state index contributed by atoms with van der Waals surface area (Å²) in [5.74, 6) is 0. The number of rotatable bonds is 3. The molecule has 1 atom stereocenters. The smallest absolute Gasteiger partial charge is 0.197 e. The molecule has 6 heteroatoms. The lowest BCUT2D eigenvalue weighted by molar-refractivity contribution is 0.405. The minimum absolute atomic E-state index is 0.539. The fourth-order valence-corrected chi connectivity index (χ4v) is 2.13. The van der Waals surface area contributed by atoms with E-state index in [-0.39, 0.29) is 0 Å². The first kappa shape index (κ1) is 13.4. The number of hydrogen-bond acceptors (Lipinski definition) is 3. The first-order chi connectivity index (χ1) is 6.10. The van der Waals surface area contributed by atoms with Gasteiger partial charge in [0.1, 0.15) is 6.04 Å². The molecule has 1 N–H and O–H groups in total. The van der Waals surface area contributed by atoms with Crippen molar-refractivity contribution in [2.45, 2.75) is 39.3 Å². The van der Waals surface area contributed by atoms with Crippen molar-refractivity contribution in [2.24, 2.45) is 0 Å². The van der Waals surface area contributed by atoms with E-state index in [0.717, 1.165) is 4.31 Å². The SMILES string of the molecule is CC(C#N)N(C)S(=O)(=O)NC(C)(C)C. The summed E-state index contributed by atoms with van der Waals surface area (Å²) < 4.78 is 26.7. The Morgan fingerprint density at radius 3 is 2.14 bits per heavy atom.